The number of ether oxygens (including phenoxy) is 2. The second-order valence-corrected chi connectivity index (χ2v) is 4.57. The molecule has 2 rings (SSSR count). The maximum absolute atomic E-state index is 12.9. The Balaban J connectivity index is 2.69. The number of rotatable bonds is 5. The van der Waals surface area contributed by atoms with Crippen LogP contribution in [0.15, 0.2) is 25.0 Å². The molecule has 0 N–H and O–H groups in total. The first-order valence-electron chi connectivity index (χ1n) is 6.87. The van der Waals surface area contributed by atoms with Gasteiger partial charge in [0.15, 0.2) is 0 Å². The summed E-state index contributed by atoms with van der Waals surface area (Å²) in [4.78, 5) is 12.0. The number of carbonyl (C=O) groups excluding carboxylic acids is 1. The fourth-order valence-electron chi connectivity index (χ4n) is 2.11. The number of carbonyl (C=O) groups is 1. The summed E-state index contributed by atoms with van der Waals surface area (Å²) in [6, 6.07) is 0.898. The summed E-state index contributed by atoms with van der Waals surface area (Å²) < 4.78 is 49.9. The van der Waals surface area contributed by atoms with Crippen molar-refractivity contribution in [1.82, 2.24) is 9.61 Å². The molecule has 0 aliphatic carbocycles. The summed E-state index contributed by atoms with van der Waals surface area (Å²) in [6.45, 7) is 7.39. The molecule has 23 heavy (non-hydrogen) atoms. The summed E-state index contributed by atoms with van der Waals surface area (Å²) in [7, 11) is 0. The second-order valence-electron chi connectivity index (χ2n) is 4.57. The lowest BCUT2D eigenvalue weighted by atomic mass is 10.1. The molecule has 2 heterocycles. The van der Waals surface area contributed by atoms with Crippen molar-refractivity contribution in [2.45, 2.75) is 20.0 Å². The van der Waals surface area contributed by atoms with Crippen molar-refractivity contribution in [2.24, 2.45) is 0 Å². The first kappa shape index (κ1) is 16.9. The number of halogens is 3. The van der Waals surface area contributed by atoms with Crippen molar-refractivity contribution in [3.8, 4) is 0 Å². The molecule has 124 valence electrons. The molecule has 0 atom stereocenters. The summed E-state index contributed by atoms with van der Waals surface area (Å²) in [6.07, 6.45) is -2.54. The van der Waals surface area contributed by atoms with E-state index in [-0.39, 0.29) is 35.6 Å². The molecule has 5 nitrogen and oxygen atoms in total. The van der Waals surface area contributed by atoms with Crippen LogP contribution in [0.2, 0.25) is 0 Å². The van der Waals surface area contributed by atoms with Crippen LogP contribution in [-0.4, -0.2) is 28.8 Å². The molecule has 2 aromatic rings. The lowest BCUT2D eigenvalue weighted by Crippen LogP contribution is -2.11. The van der Waals surface area contributed by atoms with Crippen LogP contribution in [0.3, 0.4) is 0 Å². The van der Waals surface area contributed by atoms with Gasteiger partial charge in [-0.05, 0) is 19.9 Å². The van der Waals surface area contributed by atoms with Crippen LogP contribution in [-0.2, 0) is 15.7 Å². The lowest BCUT2D eigenvalue weighted by molar-refractivity contribution is -0.137. The predicted octanol–water partition coefficient (Wildman–Crippen LogP) is 3.54. The van der Waals surface area contributed by atoms with Gasteiger partial charge in [0.05, 0.1) is 41.6 Å². The molecular formula is C15H15F3N2O3. The fraction of sp³-hybridized carbons (Fsp3) is 0.333. The molecule has 0 aromatic carbocycles. The topological polar surface area (TPSA) is 52.8 Å². The molecule has 0 unspecified atom stereocenters. The van der Waals surface area contributed by atoms with E-state index in [4.69, 9.17) is 9.47 Å². The van der Waals surface area contributed by atoms with Gasteiger partial charge in [-0.1, -0.05) is 6.58 Å². The maximum Gasteiger partial charge on any atom is 0.417 e. The van der Waals surface area contributed by atoms with E-state index < -0.39 is 17.7 Å². The Morgan fingerprint density at radius 2 is 1.96 bits per heavy atom. The summed E-state index contributed by atoms with van der Waals surface area (Å²) >= 11 is 0. The zero-order valence-corrected chi connectivity index (χ0v) is 12.6. The molecular weight excluding hydrogens is 313 g/mol. The van der Waals surface area contributed by atoms with E-state index in [0.717, 1.165) is 23.0 Å². The van der Waals surface area contributed by atoms with Crippen molar-refractivity contribution in [3.63, 3.8) is 0 Å². The maximum atomic E-state index is 12.9. The normalized spacial score (nSPS) is 11.5. The number of esters is 1. The van der Waals surface area contributed by atoms with Crippen LogP contribution < -0.4 is 0 Å². The average Bonchev–Trinajstić information content (AvgIpc) is 2.90. The first-order chi connectivity index (χ1) is 10.8. The Morgan fingerprint density at radius 1 is 1.30 bits per heavy atom. The SMILES string of the molecule is C=C(OCC)c1c(C(=O)OCC)cnn2cc(C(F)(F)F)cc12. The van der Waals surface area contributed by atoms with Crippen LogP contribution in [0.1, 0.15) is 35.3 Å². The van der Waals surface area contributed by atoms with Crippen LogP contribution in [0.5, 0.6) is 0 Å². The third-order valence-corrected chi connectivity index (χ3v) is 3.06. The number of aromatic nitrogens is 2. The highest BCUT2D eigenvalue weighted by molar-refractivity contribution is 5.97. The van der Waals surface area contributed by atoms with Crippen LogP contribution in [0, 0.1) is 0 Å². The highest BCUT2D eigenvalue weighted by Crippen LogP contribution is 2.33. The molecule has 8 heteroatoms. The first-order valence-corrected chi connectivity index (χ1v) is 6.87. The average molecular weight is 328 g/mol. The Kier molecular flexibility index (Phi) is 4.63. The van der Waals surface area contributed by atoms with Crippen molar-refractivity contribution >= 4 is 17.2 Å². The van der Waals surface area contributed by atoms with E-state index in [2.05, 4.69) is 11.7 Å². The predicted molar refractivity (Wildman–Crippen MR) is 76.8 cm³/mol. The molecule has 0 aliphatic heterocycles. The highest BCUT2D eigenvalue weighted by atomic mass is 19.4. The van der Waals surface area contributed by atoms with E-state index in [0.29, 0.717) is 0 Å². The van der Waals surface area contributed by atoms with Gasteiger partial charge in [-0.15, -0.1) is 0 Å². The van der Waals surface area contributed by atoms with Crippen molar-refractivity contribution < 1.29 is 27.4 Å². The zero-order chi connectivity index (χ0) is 17.2. The number of hydrogen-bond donors (Lipinski definition) is 0. The number of hydrogen-bond acceptors (Lipinski definition) is 4. The third kappa shape index (κ3) is 3.30. The quantitative estimate of drug-likeness (QED) is 0.622. The second kappa shape index (κ2) is 6.31. The molecule has 0 spiro atoms. The Morgan fingerprint density at radius 3 is 2.52 bits per heavy atom. The standard InChI is InChI=1S/C15H15F3N2O3/c1-4-22-9(3)13-11(14(21)23-5-2)7-19-20-8-10(6-12(13)20)15(16,17)18/h6-8H,3-5H2,1-2H3. The van der Waals surface area contributed by atoms with Crippen molar-refractivity contribution in [2.75, 3.05) is 13.2 Å². The van der Waals surface area contributed by atoms with E-state index >= 15 is 0 Å². The van der Waals surface area contributed by atoms with Crippen LogP contribution in [0.25, 0.3) is 11.3 Å². The van der Waals surface area contributed by atoms with Crippen LogP contribution >= 0.6 is 0 Å². The number of alkyl halides is 3. The summed E-state index contributed by atoms with van der Waals surface area (Å²) in [5, 5.41) is 3.84. The molecule has 2 aromatic heterocycles. The molecule has 0 bridgehead atoms. The number of nitrogens with zero attached hydrogens (tertiary/aromatic N) is 2. The van der Waals surface area contributed by atoms with Gasteiger partial charge in [0.1, 0.15) is 5.76 Å². The largest absolute Gasteiger partial charge is 0.494 e. The molecule has 0 aliphatic rings. The van der Waals surface area contributed by atoms with Crippen molar-refractivity contribution in [1.29, 1.82) is 0 Å². The van der Waals surface area contributed by atoms with E-state index in [1.807, 2.05) is 0 Å². The Hall–Kier alpha value is -2.51. The Labute approximate surface area is 130 Å². The van der Waals surface area contributed by atoms with E-state index in [1.165, 1.54) is 0 Å². The minimum Gasteiger partial charge on any atom is -0.494 e. The third-order valence-electron chi connectivity index (χ3n) is 3.06. The van der Waals surface area contributed by atoms with Gasteiger partial charge >= 0.3 is 12.1 Å². The molecule has 0 saturated carbocycles. The van der Waals surface area contributed by atoms with Gasteiger partial charge in [-0.2, -0.15) is 18.3 Å². The monoisotopic (exact) mass is 328 g/mol. The van der Waals surface area contributed by atoms with E-state index in [1.54, 1.807) is 13.8 Å². The van der Waals surface area contributed by atoms with Gasteiger partial charge in [-0.25, -0.2) is 9.31 Å². The van der Waals surface area contributed by atoms with Crippen LogP contribution in [0.4, 0.5) is 13.2 Å². The van der Waals surface area contributed by atoms with Crippen molar-refractivity contribution in [3.05, 3.63) is 41.7 Å². The van der Waals surface area contributed by atoms with E-state index in [9.17, 15) is 18.0 Å². The zero-order valence-electron chi connectivity index (χ0n) is 12.6. The number of fused-ring (bicyclic) bond motifs is 1. The minimum atomic E-state index is -4.53. The molecule has 0 radical (unpaired) electrons. The van der Waals surface area contributed by atoms with Gasteiger partial charge in [0, 0.05) is 6.20 Å². The molecule has 0 saturated heterocycles. The Bertz CT molecular complexity index is 750. The molecule has 0 fully saturated rings. The summed E-state index contributed by atoms with van der Waals surface area (Å²) in [5.41, 5.74) is -0.668. The van der Waals surface area contributed by atoms with Gasteiger partial charge in [-0.3, -0.25) is 0 Å². The van der Waals surface area contributed by atoms with Gasteiger partial charge in [0.2, 0.25) is 0 Å². The smallest absolute Gasteiger partial charge is 0.417 e. The highest BCUT2D eigenvalue weighted by Gasteiger charge is 2.33. The summed E-state index contributed by atoms with van der Waals surface area (Å²) in [5.74, 6) is -0.622. The lowest BCUT2D eigenvalue weighted by Gasteiger charge is -2.13. The fourth-order valence-corrected chi connectivity index (χ4v) is 2.11. The van der Waals surface area contributed by atoms with Gasteiger partial charge in [0.25, 0.3) is 0 Å². The van der Waals surface area contributed by atoms with Gasteiger partial charge < -0.3 is 9.47 Å². The molecule has 0 amide bonds. The minimum absolute atomic E-state index is 0.00428.